The maximum absolute atomic E-state index is 5.59. The first-order valence-corrected chi connectivity index (χ1v) is 8.22. The third-order valence-corrected chi connectivity index (χ3v) is 3.99. The van der Waals surface area contributed by atoms with Gasteiger partial charge >= 0.3 is 0 Å². The Morgan fingerprint density at radius 1 is 1.32 bits per heavy atom. The highest BCUT2D eigenvalue weighted by atomic mass is 16.5. The SMILES string of the molecule is CCCNC1CCN(CCCCOC(C)C)C(C)C1. The second kappa shape index (κ2) is 9.73. The summed E-state index contributed by atoms with van der Waals surface area (Å²) in [5.74, 6) is 0. The van der Waals surface area contributed by atoms with Crippen LogP contribution in [0.2, 0.25) is 0 Å². The Bertz CT molecular complexity index is 221. The molecule has 1 rings (SSSR count). The Morgan fingerprint density at radius 2 is 2.11 bits per heavy atom. The molecule has 1 aliphatic heterocycles. The van der Waals surface area contributed by atoms with Crippen LogP contribution >= 0.6 is 0 Å². The summed E-state index contributed by atoms with van der Waals surface area (Å²) in [6.07, 6.45) is 6.70. The van der Waals surface area contributed by atoms with Gasteiger partial charge in [0.1, 0.15) is 0 Å². The minimum Gasteiger partial charge on any atom is -0.379 e. The van der Waals surface area contributed by atoms with E-state index in [-0.39, 0.29) is 0 Å². The zero-order chi connectivity index (χ0) is 14.1. The second-order valence-corrected chi connectivity index (χ2v) is 6.19. The minimum absolute atomic E-state index is 0.374. The number of nitrogens with zero attached hydrogens (tertiary/aromatic N) is 1. The summed E-state index contributed by atoms with van der Waals surface area (Å²) in [6.45, 7) is 13.4. The topological polar surface area (TPSA) is 24.5 Å². The number of unbranched alkanes of at least 4 members (excludes halogenated alkanes) is 1. The summed E-state index contributed by atoms with van der Waals surface area (Å²) in [5, 5.41) is 3.66. The molecule has 1 aliphatic rings. The van der Waals surface area contributed by atoms with Crippen LogP contribution < -0.4 is 5.32 Å². The van der Waals surface area contributed by atoms with E-state index >= 15 is 0 Å². The number of nitrogens with one attached hydrogen (secondary N) is 1. The Hall–Kier alpha value is -0.120. The van der Waals surface area contributed by atoms with Gasteiger partial charge in [0.2, 0.25) is 0 Å². The molecular formula is C16H34N2O. The van der Waals surface area contributed by atoms with Crippen molar-refractivity contribution in [2.75, 3.05) is 26.2 Å². The molecule has 2 unspecified atom stereocenters. The average molecular weight is 270 g/mol. The van der Waals surface area contributed by atoms with Gasteiger partial charge in [-0.25, -0.2) is 0 Å². The van der Waals surface area contributed by atoms with Gasteiger partial charge in [-0.2, -0.15) is 0 Å². The first kappa shape index (κ1) is 16.9. The van der Waals surface area contributed by atoms with Crippen molar-refractivity contribution < 1.29 is 4.74 Å². The molecule has 0 aromatic rings. The first-order chi connectivity index (χ1) is 9.13. The summed E-state index contributed by atoms with van der Waals surface area (Å²) >= 11 is 0. The zero-order valence-corrected chi connectivity index (χ0v) is 13.5. The summed E-state index contributed by atoms with van der Waals surface area (Å²) in [6, 6.07) is 1.48. The first-order valence-electron chi connectivity index (χ1n) is 8.22. The lowest BCUT2D eigenvalue weighted by Gasteiger charge is -2.38. The third kappa shape index (κ3) is 7.28. The molecule has 0 spiro atoms. The van der Waals surface area contributed by atoms with Crippen LogP contribution in [0.4, 0.5) is 0 Å². The van der Waals surface area contributed by atoms with Gasteiger partial charge in [-0.3, -0.25) is 0 Å². The number of rotatable bonds is 9. The standard InChI is InChI=1S/C16H34N2O/c1-5-9-17-16-8-11-18(15(4)13-16)10-6-7-12-19-14(2)3/h14-17H,5-13H2,1-4H3. The molecule has 1 fully saturated rings. The molecule has 0 aliphatic carbocycles. The molecule has 2 atom stereocenters. The number of ether oxygens (including phenoxy) is 1. The third-order valence-electron chi connectivity index (χ3n) is 3.99. The fourth-order valence-corrected chi connectivity index (χ4v) is 2.82. The van der Waals surface area contributed by atoms with Crippen molar-refractivity contribution in [3.05, 3.63) is 0 Å². The highest BCUT2D eigenvalue weighted by molar-refractivity contribution is 4.82. The van der Waals surface area contributed by atoms with E-state index in [1.807, 2.05) is 0 Å². The van der Waals surface area contributed by atoms with E-state index in [0.717, 1.165) is 18.7 Å². The number of hydrogen-bond donors (Lipinski definition) is 1. The van der Waals surface area contributed by atoms with Gasteiger partial charge < -0.3 is 15.0 Å². The van der Waals surface area contributed by atoms with Crippen LogP contribution in [0.1, 0.15) is 59.8 Å². The minimum atomic E-state index is 0.374. The largest absolute Gasteiger partial charge is 0.379 e. The van der Waals surface area contributed by atoms with Crippen LogP contribution in [-0.2, 0) is 4.74 Å². The maximum Gasteiger partial charge on any atom is 0.0518 e. The molecule has 1 N–H and O–H groups in total. The van der Waals surface area contributed by atoms with Crippen LogP contribution in [0, 0.1) is 0 Å². The predicted molar refractivity (Wildman–Crippen MR) is 82.7 cm³/mol. The van der Waals surface area contributed by atoms with Crippen molar-refractivity contribution in [3.63, 3.8) is 0 Å². The highest BCUT2D eigenvalue weighted by Gasteiger charge is 2.24. The summed E-state index contributed by atoms with van der Waals surface area (Å²) in [4.78, 5) is 2.65. The summed E-state index contributed by atoms with van der Waals surface area (Å²) in [7, 11) is 0. The molecule has 0 aromatic carbocycles. The molecule has 114 valence electrons. The summed E-state index contributed by atoms with van der Waals surface area (Å²) < 4.78 is 5.59. The van der Waals surface area contributed by atoms with E-state index in [1.165, 1.54) is 51.7 Å². The lowest BCUT2D eigenvalue weighted by Crippen LogP contribution is -2.47. The molecule has 19 heavy (non-hydrogen) atoms. The zero-order valence-electron chi connectivity index (χ0n) is 13.5. The van der Waals surface area contributed by atoms with E-state index in [9.17, 15) is 0 Å². The van der Waals surface area contributed by atoms with Gasteiger partial charge in [0.25, 0.3) is 0 Å². The normalized spacial score (nSPS) is 25.1. The smallest absolute Gasteiger partial charge is 0.0518 e. The second-order valence-electron chi connectivity index (χ2n) is 6.19. The molecule has 0 aromatic heterocycles. The Labute approximate surface area is 120 Å². The molecule has 3 nitrogen and oxygen atoms in total. The molecule has 0 bridgehead atoms. The van der Waals surface area contributed by atoms with Gasteiger partial charge in [0.05, 0.1) is 6.10 Å². The fraction of sp³-hybridized carbons (Fsp3) is 1.00. The monoisotopic (exact) mass is 270 g/mol. The fourth-order valence-electron chi connectivity index (χ4n) is 2.82. The van der Waals surface area contributed by atoms with E-state index in [1.54, 1.807) is 0 Å². The predicted octanol–water partition coefficient (Wildman–Crippen LogP) is 3.04. The molecule has 3 heteroatoms. The molecule has 1 saturated heterocycles. The van der Waals surface area contributed by atoms with E-state index in [0.29, 0.717) is 6.10 Å². The van der Waals surface area contributed by atoms with Crippen LogP contribution in [0.5, 0.6) is 0 Å². The maximum atomic E-state index is 5.59. The van der Waals surface area contributed by atoms with Gasteiger partial charge in [0.15, 0.2) is 0 Å². The van der Waals surface area contributed by atoms with Gasteiger partial charge in [-0.05, 0) is 72.5 Å². The van der Waals surface area contributed by atoms with Gasteiger partial charge in [-0.15, -0.1) is 0 Å². The van der Waals surface area contributed by atoms with Crippen molar-refractivity contribution in [2.24, 2.45) is 0 Å². The average Bonchev–Trinajstić information content (AvgIpc) is 2.37. The molecule has 1 heterocycles. The van der Waals surface area contributed by atoms with Crippen LogP contribution in [0.25, 0.3) is 0 Å². The molecule has 0 amide bonds. The lowest BCUT2D eigenvalue weighted by molar-refractivity contribution is 0.0706. The lowest BCUT2D eigenvalue weighted by atomic mass is 9.98. The molecule has 0 radical (unpaired) electrons. The quantitative estimate of drug-likeness (QED) is 0.652. The summed E-state index contributed by atoms with van der Waals surface area (Å²) in [5.41, 5.74) is 0. The number of likely N-dealkylation sites (tertiary alicyclic amines) is 1. The molecule has 0 saturated carbocycles. The highest BCUT2D eigenvalue weighted by Crippen LogP contribution is 2.17. The van der Waals surface area contributed by atoms with Crippen LogP contribution in [-0.4, -0.2) is 49.3 Å². The van der Waals surface area contributed by atoms with E-state index in [4.69, 9.17) is 4.74 Å². The van der Waals surface area contributed by atoms with Crippen LogP contribution in [0.15, 0.2) is 0 Å². The van der Waals surface area contributed by atoms with E-state index < -0.39 is 0 Å². The molecular weight excluding hydrogens is 236 g/mol. The van der Waals surface area contributed by atoms with Crippen LogP contribution in [0.3, 0.4) is 0 Å². The van der Waals surface area contributed by atoms with Crippen molar-refractivity contribution in [1.82, 2.24) is 10.2 Å². The van der Waals surface area contributed by atoms with Crippen molar-refractivity contribution in [1.29, 1.82) is 0 Å². The van der Waals surface area contributed by atoms with Crippen molar-refractivity contribution in [3.8, 4) is 0 Å². The van der Waals surface area contributed by atoms with E-state index in [2.05, 4.69) is 37.9 Å². The van der Waals surface area contributed by atoms with Gasteiger partial charge in [0, 0.05) is 18.7 Å². The Kier molecular flexibility index (Phi) is 8.67. The Morgan fingerprint density at radius 3 is 2.74 bits per heavy atom. The van der Waals surface area contributed by atoms with Crippen molar-refractivity contribution >= 4 is 0 Å². The van der Waals surface area contributed by atoms with Gasteiger partial charge in [-0.1, -0.05) is 6.92 Å². The number of piperidine rings is 1. The number of hydrogen-bond acceptors (Lipinski definition) is 3. The van der Waals surface area contributed by atoms with Crippen molar-refractivity contribution in [2.45, 2.75) is 78.0 Å². The Balaban J connectivity index is 2.08.